The molecule has 1 amide bonds. The van der Waals surface area contributed by atoms with E-state index in [9.17, 15) is 4.79 Å². The van der Waals surface area contributed by atoms with Crippen molar-refractivity contribution in [2.24, 2.45) is 5.92 Å². The zero-order chi connectivity index (χ0) is 18.6. The van der Waals surface area contributed by atoms with Crippen molar-refractivity contribution in [2.75, 3.05) is 26.3 Å². The van der Waals surface area contributed by atoms with E-state index in [1.54, 1.807) is 4.90 Å². The number of likely N-dealkylation sites (tertiary alicyclic amines) is 1. The molecular formula is C20H29N3O3. The minimum absolute atomic E-state index is 0.205. The van der Waals surface area contributed by atoms with Gasteiger partial charge in [0.15, 0.2) is 0 Å². The Morgan fingerprint density at radius 1 is 1.23 bits per heavy atom. The summed E-state index contributed by atoms with van der Waals surface area (Å²) in [5.41, 5.74) is 1.72. The second-order valence-corrected chi connectivity index (χ2v) is 7.91. The van der Waals surface area contributed by atoms with Gasteiger partial charge in [0.05, 0.1) is 24.0 Å². The van der Waals surface area contributed by atoms with Crippen LogP contribution in [0.3, 0.4) is 0 Å². The summed E-state index contributed by atoms with van der Waals surface area (Å²) < 4.78 is 13.4. The molecule has 2 heterocycles. The number of ether oxygens (including phenoxy) is 2. The van der Waals surface area contributed by atoms with Gasteiger partial charge in [-0.25, -0.2) is 9.78 Å². The van der Waals surface area contributed by atoms with Crippen molar-refractivity contribution >= 4 is 17.1 Å². The third kappa shape index (κ3) is 4.97. The van der Waals surface area contributed by atoms with E-state index in [0.29, 0.717) is 12.5 Å². The topological polar surface area (TPSA) is 56.6 Å². The molecule has 2 aromatic rings. The van der Waals surface area contributed by atoms with Gasteiger partial charge in [-0.15, -0.1) is 0 Å². The van der Waals surface area contributed by atoms with Crippen molar-refractivity contribution in [1.29, 1.82) is 0 Å². The summed E-state index contributed by atoms with van der Waals surface area (Å²) in [5, 5.41) is 0. The number of hydrogen-bond acceptors (Lipinski definition) is 4. The molecule has 3 rings (SSSR count). The van der Waals surface area contributed by atoms with E-state index in [-0.39, 0.29) is 6.09 Å². The maximum absolute atomic E-state index is 12.1. The van der Waals surface area contributed by atoms with Crippen LogP contribution in [-0.4, -0.2) is 52.4 Å². The molecule has 142 valence electrons. The number of para-hydroxylation sites is 2. The van der Waals surface area contributed by atoms with E-state index in [1.807, 2.05) is 45.3 Å². The number of imidazole rings is 1. The van der Waals surface area contributed by atoms with Crippen LogP contribution in [0.4, 0.5) is 4.79 Å². The summed E-state index contributed by atoms with van der Waals surface area (Å²) in [5.74, 6) is 0.508. The van der Waals surface area contributed by atoms with E-state index in [2.05, 4.69) is 15.6 Å². The minimum atomic E-state index is -0.436. The molecular weight excluding hydrogens is 330 g/mol. The average Bonchev–Trinajstić information content (AvgIpc) is 3.01. The fourth-order valence-corrected chi connectivity index (χ4v) is 3.21. The fraction of sp³-hybridized carbons (Fsp3) is 0.600. The van der Waals surface area contributed by atoms with Crippen LogP contribution in [0.5, 0.6) is 0 Å². The second-order valence-electron chi connectivity index (χ2n) is 7.91. The molecule has 0 bridgehead atoms. The minimum Gasteiger partial charge on any atom is -0.444 e. The second kappa shape index (κ2) is 8.08. The highest BCUT2D eigenvalue weighted by Crippen LogP contribution is 2.20. The van der Waals surface area contributed by atoms with Crippen molar-refractivity contribution in [3.8, 4) is 0 Å². The number of fused-ring (bicyclic) bond motifs is 1. The first-order valence-electron chi connectivity index (χ1n) is 9.38. The largest absolute Gasteiger partial charge is 0.444 e. The summed E-state index contributed by atoms with van der Waals surface area (Å²) in [6.45, 7) is 9.40. The number of carbonyl (C=O) groups excluding carboxylic acids is 1. The van der Waals surface area contributed by atoms with Gasteiger partial charge in [0.1, 0.15) is 5.60 Å². The van der Waals surface area contributed by atoms with Crippen LogP contribution >= 0.6 is 0 Å². The first kappa shape index (κ1) is 18.7. The molecule has 0 radical (unpaired) electrons. The molecule has 6 heteroatoms. The van der Waals surface area contributed by atoms with Crippen LogP contribution in [0.1, 0.15) is 33.6 Å². The Morgan fingerprint density at radius 2 is 1.96 bits per heavy atom. The van der Waals surface area contributed by atoms with Gasteiger partial charge in [-0.1, -0.05) is 12.1 Å². The van der Waals surface area contributed by atoms with E-state index >= 15 is 0 Å². The number of carbonyl (C=O) groups is 1. The first-order chi connectivity index (χ1) is 12.4. The van der Waals surface area contributed by atoms with Gasteiger partial charge < -0.3 is 18.9 Å². The lowest BCUT2D eigenvalue weighted by Gasteiger charge is -2.33. The van der Waals surface area contributed by atoms with Gasteiger partial charge in [0.25, 0.3) is 0 Å². The van der Waals surface area contributed by atoms with Crippen LogP contribution in [0.25, 0.3) is 11.0 Å². The monoisotopic (exact) mass is 359 g/mol. The molecule has 1 aliphatic heterocycles. The molecule has 1 aromatic heterocycles. The van der Waals surface area contributed by atoms with Crippen LogP contribution in [0, 0.1) is 5.92 Å². The Bertz CT molecular complexity index is 727. The predicted octanol–water partition coefficient (Wildman–Crippen LogP) is 3.70. The Balaban J connectivity index is 1.36. The highest BCUT2D eigenvalue weighted by molar-refractivity contribution is 5.74. The Hall–Kier alpha value is -2.08. The number of aromatic nitrogens is 2. The normalized spacial score (nSPS) is 16.2. The SMILES string of the molecule is CC(C)(C)OC(=O)N1CCC(COCCn2cnc3ccccc32)CC1. The number of nitrogens with zero attached hydrogens (tertiary/aromatic N) is 3. The Morgan fingerprint density at radius 3 is 2.69 bits per heavy atom. The van der Waals surface area contributed by atoms with Gasteiger partial charge in [0.2, 0.25) is 0 Å². The summed E-state index contributed by atoms with van der Waals surface area (Å²) in [6, 6.07) is 8.12. The van der Waals surface area contributed by atoms with Crippen molar-refractivity contribution in [3.05, 3.63) is 30.6 Å². The summed E-state index contributed by atoms with van der Waals surface area (Å²) in [4.78, 5) is 18.3. The molecule has 0 atom stereocenters. The number of benzene rings is 1. The number of hydrogen-bond donors (Lipinski definition) is 0. The predicted molar refractivity (Wildman–Crippen MR) is 101 cm³/mol. The van der Waals surface area contributed by atoms with Crippen LogP contribution < -0.4 is 0 Å². The molecule has 1 aliphatic rings. The molecule has 6 nitrogen and oxygen atoms in total. The molecule has 0 N–H and O–H groups in total. The molecule has 26 heavy (non-hydrogen) atoms. The average molecular weight is 359 g/mol. The number of amides is 1. The van der Waals surface area contributed by atoms with E-state index in [1.165, 1.54) is 0 Å². The Labute approximate surface area is 155 Å². The molecule has 0 unspecified atom stereocenters. The Kier molecular flexibility index (Phi) is 5.81. The van der Waals surface area contributed by atoms with Gasteiger partial charge in [-0.3, -0.25) is 0 Å². The highest BCUT2D eigenvalue weighted by Gasteiger charge is 2.26. The quantitative estimate of drug-likeness (QED) is 0.764. The molecule has 1 aromatic carbocycles. The summed E-state index contributed by atoms with van der Waals surface area (Å²) in [6.07, 6.45) is 3.59. The molecule has 0 saturated carbocycles. The zero-order valence-corrected chi connectivity index (χ0v) is 16.0. The van der Waals surface area contributed by atoms with E-state index in [0.717, 1.165) is 50.1 Å². The van der Waals surface area contributed by atoms with Gasteiger partial charge >= 0.3 is 6.09 Å². The summed E-state index contributed by atoms with van der Waals surface area (Å²) >= 11 is 0. The zero-order valence-electron chi connectivity index (χ0n) is 16.0. The van der Waals surface area contributed by atoms with E-state index < -0.39 is 5.60 Å². The molecule has 0 aliphatic carbocycles. The van der Waals surface area contributed by atoms with Crippen LogP contribution in [0.2, 0.25) is 0 Å². The lowest BCUT2D eigenvalue weighted by atomic mass is 9.98. The molecule has 0 spiro atoms. The third-order valence-electron chi connectivity index (χ3n) is 4.62. The van der Waals surface area contributed by atoms with Gasteiger partial charge in [-0.2, -0.15) is 0 Å². The number of piperidine rings is 1. The van der Waals surface area contributed by atoms with Crippen molar-refractivity contribution in [2.45, 2.75) is 45.8 Å². The lowest BCUT2D eigenvalue weighted by molar-refractivity contribution is 0.0113. The standard InChI is InChI=1S/C20H29N3O3/c1-20(2,3)26-19(24)22-10-8-16(9-11-22)14-25-13-12-23-15-21-17-6-4-5-7-18(17)23/h4-7,15-16H,8-14H2,1-3H3. The summed E-state index contributed by atoms with van der Waals surface area (Å²) in [7, 11) is 0. The maximum Gasteiger partial charge on any atom is 0.410 e. The van der Waals surface area contributed by atoms with Crippen LogP contribution in [0.15, 0.2) is 30.6 Å². The lowest BCUT2D eigenvalue weighted by Crippen LogP contribution is -2.42. The van der Waals surface area contributed by atoms with Crippen molar-refractivity contribution in [1.82, 2.24) is 14.5 Å². The van der Waals surface area contributed by atoms with Crippen molar-refractivity contribution < 1.29 is 14.3 Å². The fourth-order valence-electron chi connectivity index (χ4n) is 3.21. The first-order valence-corrected chi connectivity index (χ1v) is 9.38. The smallest absolute Gasteiger partial charge is 0.410 e. The van der Waals surface area contributed by atoms with Gasteiger partial charge in [0, 0.05) is 26.2 Å². The van der Waals surface area contributed by atoms with Crippen LogP contribution in [-0.2, 0) is 16.0 Å². The molecule has 1 saturated heterocycles. The van der Waals surface area contributed by atoms with E-state index in [4.69, 9.17) is 9.47 Å². The third-order valence-corrected chi connectivity index (χ3v) is 4.62. The highest BCUT2D eigenvalue weighted by atomic mass is 16.6. The number of rotatable bonds is 5. The van der Waals surface area contributed by atoms with Crippen molar-refractivity contribution in [3.63, 3.8) is 0 Å². The van der Waals surface area contributed by atoms with Gasteiger partial charge in [-0.05, 0) is 51.7 Å². The maximum atomic E-state index is 12.1. The molecule has 1 fully saturated rings.